The van der Waals surface area contributed by atoms with Crippen LogP contribution in [0.1, 0.15) is 53.9 Å². The number of allylic oxidation sites excluding steroid dienone is 4. The first-order valence-corrected chi connectivity index (χ1v) is 7.97. The molecular weight excluding hydrogens is 232 g/mol. The van der Waals surface area contributed by atoms with Crippen molar-refractivity contribution in [3.8, 4) is 0 Å². The van der Waals surface area contributed by atoms with Crippen LogP contribution in [-0.2, 0) is 0 Å². The maximum Gasteiger partial charge on any atom is 0.0427 e. The fourth-order valence-electron chi connectivity index (χ4n) is 3.76. The zero-order valence-corrected chi connectivity index (χ0v) is 13.3. The van der Waals surface area contributed by atoms with Crippen molar-refractivity contribution in [1.82, 2.24) is 10.2 Å². The lowest BCUT2D eigenvalue weighted by Crippen LogP contribution is -2.42. The number of hydrogen-bond donors (Lipinski definition) is 1. The highest BCUT2D eigenvalue weighted by molar-refractivity contribution is 5.30. The molecule has 2 saturated heterocycles. The van der Waals surface area contributed by atoms with Crippen LogP contribution >= 0.6 is 0 Å². The van der Waals surface area contributed by atoms with Gasteiger partial charge in [-0.25, -0.2) is 0 Å². The molecule has 108 valence electrons. The third-order valence-corrected chi connectivity index (χ3v) is 4.76. The second-order valence-electron chi connectivity index (χ2n) is 6.35. The van der Waals surface area contributed by atoms with Crippen LogP contribution in [0.4, 0.5) is 0 Å². The van der Waals surface area contributed by atoms with Crippen molar-refractivity contribution < 1.29 is 0 Å². The average Bonchev–Trinajstić information content (AvgIpc) is 2.99. The van der Waals surface area contributed by atoms with E-state index in [1.807, 2.05) is 0 Å². The van der Waals surface area contributed by atoms with E-state index in [2.05, 4.69) is 50.9 Å². The summed E-state index contributed by atoms with van der Waals surface area (Å²) in [5.74, 6) is 0.667. The minimum Gasteiger partial charge on any atom is -0.369 e. The highest BCUT2D eigenvalue weighted by Crippen LogP contribution is 2.29. The fourth-order valence-corrected chi connectivity index (χ4v) is 3.76. The lowest BCUT2D eigenvalue weighted by molar-refractivity contribution is 0.285. The highest BCUT2D eigenvalue weighted by Gasteiger charge is 2.37. The highest BCUT2D eigenvalue weighted by atomic mass is 15.3. The summed E-state index contributed by atoms with van der Waals surface area (Å²) in [4.78, 5) is 2.62. The Bertz CT molecular complexity index is 379. The van der Waals surface area contributed by atoms with Gasteiger partial charge in [-0.15, -0.1) is 0 Å². The van der Waals surface area contributed by atoms with Crippen LogP contribution in [0, 0.1) is 5.92 Å². The smallest absolute Gasteiger partial charge is 0.0427 e. The van der Waals surface area contributed by atoms with Crippen LogP contribution < -0.4 is 5.32 Å². The van der Waals surface area contributed by atoms with Gasteiger partial charge in [-0.1, -0.05) is 33.3 Å². The van der Waals surface area contributed by atoms with Gasteiger partial charge in [0.15, 0.2) is 0 Å². The Labute approximate surface area is 118 Å². The molecule has 2 aliphatic rings. The molecule has 0 amide bonds. The van der Waals surface area contributed by atoms with Gasteiger partial charge in [-0.05, 0) is 43.8 Å². The van der Waals surface area contributed by atoms with Crippen molar-refractivity contribution in [2.24, 2.45) is 5.92 Å². The molecule has 2 bridgehead atoms. The summed E-state index contributed by atoms with van der Waals surface area (Å²) in [5, 5.41) is 3.58. The normalized spacial score (nSPS) is 28.3. The SMILES string of the molecule is CCC(/C=C(\C)N1CC2CC1CN2)=C(/CC)C(C)C. The van der Waals surface area contributed by atoms with Crippen LogP contribution in [0.15, 0.2) is 22.9 Å². The zero-order valence-electron chi connectivity index (χ0n) is 13.3. The summed E-state index contributed by atoms with van der Waals surface area (Å²) in [5.41, 5.74) is 4.66. The Balaban J connectivity index is 2.18. The van der Waals surface area contributed by atoms with Crippen molar-refractivity contribution in [3.05, 3.63) is 22.9 Å². The van der Waals surface area contributed by atoms with E-state index < -0.39 is 0 Å². The first kappa shape index (κ1) is 14.6. The first-order valence-electron chi connectivity index (χ1n) is 7.97. The van der Waals surface area contributed by atoms with E-state index in [0.29, 0.717) is 5.92 Å². The maximum atomic E-state index is 3.58. The van der Waals surface area contributed by atoms with E-state index >= 15 is 0 Å². The average molecular weight is 262 g/mol. The minimum atomic E-state index is 0.667. The van der Waals surface area contributed by atoms with Gasteiger partial charge in [0.25, 0.3) is 0 Å². The Morgan fingerprint density at radius 2 is 2.05 bits per heavy atom. The second-order valence-corrected chi connectivity index (χ2v) is 6.35. The summed E-state index contributed by atoms with van der Waals surface area (Å²) in [6.45, 7) is 13.9. The minimum absolute atomic E-state index is 0.667. The molecule has 19 heavy (non-hydrogen) atoms. The molecule has 0 aromatic heterocycles. The molecule has 0 radical (unpaired) electrons. The predicted octanol–water partition coefficient (Wildman–Crippen LogP) is 3.71. The Kier molecular flexibility index (Phi) is 4.72. The Hall–Kier alpha value is -0.760. The van der Waals surface area contributed by atoms with Gasteiger partial charge < -0.3 is 10.2 Å². The Morgan fingerprint density at radius 3 is 2.47 bits per heavy atom. The maximum absolute atomic E-state index is 3.58. The molecule has 2 rings (SSSR count). The number of likely N-dealkylation sites (tertiary alicyclic amines) is 1. The van der Waals surface area contributed by atoms with E-state index in [1.54, 1.807) is 11.1 Å². The molecule has 2 nitrogen and oxygen atoms in total. The number of piperazine rings is 1. The standard InChI is InChI=1S/C17H30N2/c1-6-14(17(7-2)12(3)4)8-13(5)19-11-15-9-16(19)10-18-15/h8,12,15-16,18H,6-7,9-11H2,1-5H3/b13-8+,17-14+. The topological polar surface area (TPSA) is 15.3 Å². The van der Waals surface area contributed by atoms with E-state index in [1.165, 1.54) is 31.6 Å². The van der Waals surface area contributed by atoms with Gasteiger partial charge in [-0.3, -0.25) is 0 Å². The molecule has 2 atom stereocenters. The summed E-state index contributed by atoms with van der Waals surface area (Å²) in [6.07, 6.45) is 6.12. The summed E-state index contributed by atoms with van der Waals surface area (Å²) < 4.78 is 0. The van der Waals surface area contributed by atoms with E-state index in [4.69, 9.17) is 0 Å². The lowest BCUT2D eigenvalue weighted by atomic mass is 9.93. The lowest BCUT2D eigenvalue weighted by Gasteiger charge is -2.30. The van der Waals surface area contributed by atoms with Gasteiger partial charge in [0.2, 0.25) is 0 Å². The van der Waals surface area contributed by atoms with Crippen LogP contribution in [0.5, 0.6) is 0 Å². The van der Waals surface area contributed by atoms with Gasteiger partial charge >= 0.3 is 0 Å². The molecular formula is C17H30N2. The molecule has 2 aliphatic heterocycles. The molecule has 0 aliphatic carbocycles. The molecule has 2 heteroatoms. The van der Waals surface area contributed by atoms with E-state index in [-0.39, 0.29) is 0 Å². The molecule has 2 unspecified atom stereocenters. The Morgan fingerprint density at radius 1 is 1.32 bits per heavy atom. The van der Waals surface area contributed by atoms with Crippen LogP contribution in [0.2, 0.25) is 0 Å². The summed E-state index contributed by atoms with van der Waals surface area (Å²) in [6, 6.07) is 1.47. The molecule has 2 heterocycles. The van der Waals surface area contributed by atoms with Crippen LogP contribution in [0.25, 0.3) is 0 Å². The zero-order chi connectivity index (χ0) is 14.0. The van der Waals surface area contributed by atoms with E-state index in [9.17, 15) is 0 Å². The van der Waals surface area contributed by atoms with Crippen molar-refractivity contribution in [3.63, 3.8) is 0 Å². The number of nitrogens with one attached hydrogen (secondary N) is 1. The molecule has 0 spiro atoms. The number of nitrogens with zero attached hydrogens (tertiary/aromatic N) is 1. The van der Waals surface area contributed by atoms with Crippen molar-refractivity contribution in [2.75, 3.05) is 13.1 Å². The summed E-state index contributed by atoms with van der Waals surface area (Å²) >= 11 is 0. The first-order chi connectivity index (χ1) is 9.06. The van der Waals surface area contributed by atoms with Gasteiger partial charge in [-0.2, -0.15) is 0 Å². The number of hydrogen-bond acceptors (Lipinski definition) is 2. The predicted molar refractivity (Wildman–Crippen MR) is 83.1 cm³/mol. The fraction of sp³-hybridized carbons (Fsp3) is 0.765. The monoisotopic (exact) mass is 262 g/mol. The van der Waals surface area contributed by atoms with Crippen LogP contribution in [-0.4, -0.2) is 30.1 Å². The van der Waals surface area contributed by atoms with Gasteiger partial charge in [0.05, 0.1) is 0 Å². The third kappa shape index (κ3) is 3.05. The number of rotatable bonds is 5. The summed E-state index contributed by atoms with van der Waals surface area (Å²) in [7, 11) is 0. The quantitative estimate of drug-likeness (QED) is 0.760. The van der Waals surface area contributed by atoms with Crippen molar-refractivity contribution >= 4 is 0 Å². The van der Waals surface area contributed by atoms with Crippen LogP contribution in [0.3, 0.4) is 0 Å². The van der Waals surface area contributed by atoms with Crippen molar-refractivity contribution in [2.45, 2.75) is 66.0 Å². The van der Waals surface area contributed by atoms with E-state index in [0.717, 1.165) is 18.5 Å². The van der Waals surface area contributed by atoms with Gasteiger partial charge in [0, 0.05) is 30.9 Å². The van der Waals surface area contributed by atoms with Crippen molar-refractivity contribution in [1.29, 1.82) is 0 Å². The molecule has 1 N–H and O–H groups in total. The molecule has 0 aromatic carbocycles. The molecule has 0 aromatic rings. The molecule has 0 saturated carbocycles. The number of fused-ring (bicyclic) bond motifs is 2. The second kappa shape index (κ2) is 6.13. The largest absolute Gasteiger partial charge is 0.369 e. The van der Waals surface area contributed by atoms with Gasteiger partial charge in [0.1, 0.15) is 0 Å². The molecule has 2 fully saturated rings. The third-order valence-electron chi connectivity index (χ3n) is 4.76.